The van der Waals surface area contributed by atoms with Crippen LogP contribution >= 0.6 is 0 Å². The van der Waals surface area contributed by atoms with Gasteiger partial charge in [0.1, 0.15) is 0 Å². The number of likely N-dealkylation sites (tertiary alicyclic amines) is 1. The first kappa shape index (κ1) is 18.5. The summed E-state index contributed by atoms with van der Waals surface area (Å²) in [6, 6.07) is 5.52. The lowest BCUT2D eigenvalue weighted by atomic mass is 9.93. The van der Waals surface area contributed by atoms with Crippen molar-refractivity contribution in [3.05, 3.63) is 46.7 Å². The molecule has 1 aliphatic heterocycles. The van der Waals surface area contributed by atoms with E-state index < -0.39 is 11.7 Å². The fourth-order valence-electron chi connectivity index (χ4n) is 3.52. The number of benzene rings is 1. The lowest BCUT2D eigenvalue weighted by molar-refractivity contribution is -0.138. The molecule has 2 aliphatic rings. The summed E-state index contributed by atoms with van der Waals surface area (Å²) in [6.45, 7) is 2.51. The van der Waals surface area contributed by atoms with Crippen LogP contribution in [0.2, 0.25) is 0 Å². The maximum absolute atomic E-state index is 13.2. The number of carbonyl (C=O) groups excluding carboxylic acids is 1. The molecular weight excluding hydrogens is 343 g/mol. The van der Waals surface area contributed by atoms with E-state index in [0.29, 0.717) is 18.7 Å². The Balaban J connectivity index is 1.81. The molecule has 1 amide bonds. The van der Waals surface area contributed by atoms with Crippen LogP contribution in [0.25, 0.3) is 0 Å². The zero-order valence-corrected chi connectivity index (χ0v) is 14.6. The van der Waals surface area contributed by atoms with Crippen molar-refractivity contribution in [2.45, 2.75) is 38.3 Å². The molecule has 1 atom stereocenters. The summed E-state index contributed by atoms with van der Waals surface area (Å²) in [7, 11) is 0. The van der Waals surface area contributed by atoms with Gasteiger partial charge in [0.25, 0.3) is 5.91 Å². The van der Waals surface area contributed by atoms with Gasteiger partial charge in [0.15, 0.2) is 0 Å². The summed E-state index contributed by atoms with van der Waals surface area (Å²) in [6.07, 6.45) is -1.23. The Morgan fingerprint density at radius 3 is 2.58 bits per heavy atom. The van der Waals surface area contributed by atoms with Crippen LogP contribution < -0.4 is 5.73 Å². The molecule has 3 rings (SSSR count). The molecule has 1 saturated carbocycles. The number of hydrogen-bond donors (Lipinski definition) is 2. The Hall–Kier alpha value is -2.31. The number of nitrogens with zero attached hydrogens (tertiary/aromatic N) is 1. The van der Waals surface area contributed by atoms with Gasteiger partial charge in [0.05, 0.1) is 11.1 Å². The molecule has 2 fully saturated rings. The van der Waals surface area contributed by atoms with Gasteiger partial charge >= 0.3 is 6.18 Å². The van der Waals surface area contributed by atoms with Crippen molar-refractivity contribution in [3.63, 3.8) is 0 Å². The second kappa shape index (κ2) is 6.45. The van der Waals surface area contributed by atoms with Crippen molar-refractivity contribution in [3.8, 4) is 0 Å². The Morgan fingerprint density at radius 1 is 1.35 bits per heavy atom. The molecule has 26 heavy (non-hydrogen) atoms. The first-order valence-corrected chi connectivity index (χ1v) is 8.63. The number of hydrogen-bond acceptors (Lipinski definition) is 3. The first-order chi connectivity index (χ1) is 12.2. The van der Waals surface area contributed by atoms with Crippen molar-refractivity contribution in [2.75, 3.05) is 13.1 Å². The summed E-state index contributed by atoms with van der Waals surface area (Å²) in [4.78, 5) is 14.3. The number of halogens is 3. The van der Waals surface area contributed by atoms with Gasteiger partial charge in [-0.2, -0.15) is 13.2 Å². The average Bonchev–Trinajstić information content (AvgIpc) is 3.17. The second-order valence-corrected chi connectivity index (χ2v) is 7.35. The van der Waals surface area contributed by atoms with E-state index in [9.17, 15) is 18.0 Å². The van der Waals surface area contributed by atoms with Crippen molar-refractivity contribution in [2.24, 2.45) is 11.1 Å². The van der Waals surface area contributed by atoms with Gasteiger partial charge in [-0.25, -0.2) is 0 Å². The number of allylic oxidation sites excluding steroid dienone is 1. The van der Waals surface area contributed by atoms with Gasteiger partial charge in [-0.1, -0.05) is 25.1 Å². The summed E-state index contributed by atoms with van der Waals surface area (Å²) < 4.78 is 39.7. The molecule has 1 aromatic rings. The quantitative estimate of drug-likeness (QED) is 0.631. The lowest BCUT2D eigenvalue weighted by Crippen LogP contribution is -2.33. The van der Waals surface area contributed by atoms with E-state index in [1.807, 2.05) is 6.92 Å². The summed E-state index contributed by atoms with van der Waals surface area (Å²) in [5, 5.41) is 7.56. The molecule has 0 bridgehead atoms. The maximum Gasteiger partial charge on any atom is 0.416 e. The maximum atomic E-state index is 13.2. The first-order valence-electron chi connectivity index (χ1n) is 8.63. The van der Waals surface area contributed by atoms with E-state index in [4.69, 9.17) is 11.1 Å². The largest absolute Gasteiger partial charge is 0.416 e. The van der Waals surface area contributed by atoms with Gasteiger partial charge in [-0.3, -0.25) is 4.79 Å². The van der Waals surface area contributed by atoms with Gasteiger partial charge in [0.2, 0.25) is 0 Å². The van der Waals surface area contributed by atoms with Crippen molar-refractivity contribution in [1.29, 1.82) is 5.41 Å². The summed E-state index contributed by atoms with van der Waals surface area (Å²) in [5.74, 6) is -0.737. The fraction of sp³-hybridized carbons (Fsp3) is 0.474. The highest BCUT2D eigenvalue weighted by Gasteiger charge is 2.43. The molecule has 7 heteroatoms. The van der Waals surface area contributed by atoms with Gasteiger partial charge in [-0.05, 0) is 30.9 Å². The molecule has 1 saturated heterocycles. The third kappa shape index (κ3) is 3.34. The van der Waals surface area contributed by atoms with Gasteiger partial charge in [0, 0.05) is 36.3 Å². The van der Waals surface area contributed by atoms with E-state index in [2.05, 4.69) is 0 Å². The Kier molecular flexibility index (Phi) is 4.58. The Bertz CT molecular complexity index is 766. The molecule has 0 radical (unpaired) electrons. The highest BCUT2D eigenvalue weighted by atomic mass is 19.4. The van der Waals surface area contributed by atoms with Crippen LogP contribution in [0.15, 0.2) is 35.5 Å². The molecule has 1 unspecified atom stereocenters. The Morgan fingerprint density at radius 2 is 2.00 bits per heavy atom. The van der Waals surface area contributed by atoms with Crippen LogP contribution in [0.4, 0.5) is 13.2 Å². The standard InChI is InChI=1S/C19H22F3N3O/c1-18(7-8-18)16(24)14(10-23)17(26)25-9-6-12(11-25)13-4-2-3-5-15(13)19(20,21)22/h2-5,10,12,23H,6-9,11,24H2,1H3/b16-14+,23-10?. The third-order valence-corrected chi connectivity index (χ3v) is 5.50. The topological polar surface area (TPSA) is 70.2 Å². The second-order valence-electron chi connectivity index (χ2n) is 7.35. The van der Waals surface area contributed by atoms with Crippen LogP contribution in [-0.4, -0.2) is 30.1 Å². The predicted octanol–water partition coefficient (Wildman–Crippen LogP) is 3.68. The van der Waals surface area contributed by atoms with E-state index >= 15 is 0 Å². The number of nitrogens with two attached hydrogens (primary N) is 1. The molecule has 1 heterocycles. The minimum atomic E-state index is -4.42. The van der Waals surface area contributed by atoms with E-state index in [-0.39, 0.29) is 34.9 Å². The molecule has 4 nitrogen and oxygen atoms in total. The predicted molar refractivity (Wildman–Crippen MR) is 92.7 cm³/mol. The smallest absolute Gasteiger partial charge is 0.401 e. The zero-order valence-electron chi connectivity index (χ0n) is 14.6. The monoisotopic (exact) mass is 365 g/mol. The van der Waals surface area contributed by atoms with Crippen LogP contribution in [0.3, 0.4) is 0 Å². The molecule has 140 valence electrons. The molecule has 1 aliphatic carbocycles. The minimum absolute atomic E-state index is 0.162. The average molecular weight is 365 g/mol. The summed E-state index contributed by atoms with van der Waals surface area (Å²) >= 11 is 0. The van der Waals surface area contributed by atoms with Crippen LogP contribution in [0.5, 0.6) is 0 Å². The fourth-order valence-corrected chi connectivity index (χ4v) is 3.52. The van der Waals surface area contributed by atoms with Crippen LogP contribution in [0, 0.1) is 10.8 Å². The normalized spacial score (nSPS) is 22.8. The Labute approximate surface area is 150 Å². The molecule has 0 spiro atoms. The van der Waals surface area contributed by atoms with Crippen LogP contribution in [0.1, 0.15) is 43.2 Å². The number of alkyl halides is 3. The zero-order chi connectivity index (χ0) is 19.1. The van der Waals surface area contributed by atoms with Gasteiger partial charge in [-0.15, -0.1) is 0 Å². The molecular formula is C19H22F3N3O. The SMILES string of the molecule is CC1(/C(N)=C(/C=N)C(=O)N2CCC(c3ccccc3C(F)(F)F)C2)CC1. The number of carbonyl (C=O) groups is 1. The van der Waals surface area contributed by atoms with E-state index in [0.717, 1.165) is 25.1 Å². The van der Waals surface area contributed by atoms with Gasteiger partial charge < -0.3 is 16.0 Å². The van der Waals surface area contributed by atoms with Crippen molar-refractivity contribution in [1.82, 2.24) is 4.90 Å². The van der Waals surface area contributed by atoms with Crippen LogP contribution in [-0.2, 0) is 11.0 Å². The van der Waals surface area contributed by atoms with E-state index in [1.54, 1.807) is 6.07 Å². The minimum Gasteiger partial charge on any atom is -0.401 e. The summed E-state index contributed by atoms with van der Waals surface area (Å²) in [5.41, 5.74) is 6.01. The third-order valence-electron chi connectivity index (χ3n) is 5.50. The number of nitrogens with one attached hydrogen (secondary N) is 1. The lowest BCUT2D eigenvalue weighted by Gasteiger charge is -2.21. The van der Waals surface area contributed by atoms with E-state index in [1.165, 1.54) is 17.0 Å². The molecule has 3 N–H and O–H groups in total. The highest BCUT2D eigenvalue weighted by Crippen LogP contribution is 2.50. The number of rotatable bonds is 4. The number of amides is 1. The van der Waals surface area contributed by atoms with Crippen molar-refractivity contribution < 1.29 is 18.0 Å². The molecule has 1 aromatic carbocycles. The highest BCUT2D eigenvalue weighted by molar-refractivity contribution is 6.12. The molecule has 0 aromatic heterocycles. The van der Waals surface area contributed by atoms with Crippen molar-refractivity contribution >= 4 is 12.1 Å².